The van der Waals surface area contributed by atoms with Gasteiger partial charge in [0.05, 0.1) is 16.9 Å². The normalized spacial score (nSPS) is 22.3. The standard InChI is InChI=1S/C31H35N7O/c1-2-33-31(39)35-19-20-8-10-23(11-9-20)30-37-27(28-29(32)34-16-17-38(28)30)24-13-12-22-14-15-25(36-26(22)18-24)21-6-4-3-5-7-21/h3-7,12-18,20,23,30,37H,2,8-11,19H2,1H3,(H2,32,34)(H2,33,35,39). The van der Waals surface area contributed by atoms with Gasteiger partial charge in [-0.05, 0) is 56.6 Å². The van der Waals surface area contributed by atoms with E-state index in [1.54, 1.807) is 6.20 Å². The maximum Gasteiger partial charge on any atom is 0.314 e. The molecule has 1 atom stereocenters. The third-order valence-electron chi connectivity index (χ3n) is 8.05. The number of aliphatic imine (C=N–C) groups is 1. The summed E-state index contributed by atoms with van der Waals surface area (Å²) in [5.74, 6) is 1.48. The minimum Gasteiger partial charge on any atom is -0.382 e. The second-order valence-electron chi connectivity index (χ2n) is 10.5. The van der Waals surface area contributed by atoms with E-state index in [4.69, 9.17) is 10.7 Å². The number of hydrogen-bond acceptors (Lipinski definition) is 6. The first kappa shape index (κ1) is 25.0. The van der Waals surface area contributed by atoms with Crippen molar-refractivity contribution in [1.29, 1.82) is 0 Å². The van der Waals surface area contributed by atoms with E-state index in [1.165, 1.54) is 0 Å². The number of amidine groups is 1. The van der Waals surface area contributed by atoms with Crippen LogP contribution in [0.15, 0.2) is 83.8 Å². The zero-order chi connectivity index (χ0) is 26.8. The van der Waals surface area contributed by atoms with E-state index in [2.05, 4.69) is 68.3 Å². The number of benzene rings is 2. The number of hydrogen-bond donors (Lipinski definition) is 4. The molecule has 5 N–H and O–H groups in total. The summed E-state index contributed by atoms with van der Waals surface area (Å²) >= 11 is 0. The van der Waals surface area contributed by atoms with Crippen LogP contribution in [0.3, 0.4) is 0 Å². The van der Waals surface area contributed by atoms with E-state index in [1.807, 2.05) is 31.3 Å². The van der Waals surface area contributed by atoms with Gasteiger partial charge in [0.1, 0.15) is 17.7 Å². The van der Waals surface area contributed by atoms with Crippen molar-refractivity contribution in [3.05, 3.63) is 84.3 Å². The van der Waals surface area contributed by atoms with Crippen LogP contribution in [0.4, 0.5) is 4.79 Å². The van der Waals surface area contributed by atoms with Crippen LogP contribution >= 0.6 is 0 Å². The molecule has 1 aliphatic carbocycles. The van der Waals surface area contributed by atoms with Crippen LogP contribution in [0, 0.1) is 11.8 Å². The molecule has 3 heterocycles. The van der Waals surface area contributed by atoms with Crippen molar-refractivity contribution in [3.63, 3.8) is 0 Å². The van der Waals surface area contributed by atoms with Gasteiger partial charge in [-0.2, -0.15) is 0 Å². The minimum absolute atomic E-state index is 0.0791. The van der Waals surface area contributed by atoms with E-state index >= 15 is 0 Å². The number of urea groups is 1. The van der Waals surface area contributed by atoms with Crippen molar-refractivity contribution in [2.24, 2.45) is 22.6 Å². The van der Waals surface area contributed by atoms with E-state index in [0.717, 1.165) is 71.3 Å². The zero-order valence-electron chi connectivity index (χ0n) is 22.2. The molecule has 3 aliphatic rings. The summed E-state index contributed by atoms with van der Waals surface area (Å²) in [6.45, 7) is 3.29. The minimum atomic E-state index is -0.0791. The number of nitrogens with one attached hydrogen (secondary N) is 3. The lowest BCUT2D eigenvalue weighted by Crippen LogP contribution is -2.45. The van der Waals surface area contributed by atoms with Gasteiger partial charge in [0.25, 0.3) is 0 Å². The van der Waals surface area contributed by atoms with Crippen LogP contribution in [0.1, 0.15) is 38.2 Å². The summed E-state index contributed by atoms with van der Waals surface area (Å²) in [6, 6.07) is 20.8. The van der Waals surface area contributed by atoms with Gasteiger partial charge in [-0.25, -0.2) is 14.8 Å². The van der Waals surface area contributed by atoms with E-state index in [9.17, 15) is 4.79 Å². The van der Waals surface area contributed by atoms with Crippen LogP contribution in [0.5, 0.6) is 0 Å². The first-order valence-electron chi connectivity index (χ1n) is 13.9. The Morgan fingerprint density at radius 2 is 1.82 bits per heavy atom. The van der Waals surface area contributed by atoms with Gasteiger partial charge in [0.15, 0.2) is 0 Å². The summed E-state index contributed by atoms with van der Waals surface area (Å²) in [4.78, 5) is 23.5. The first-order chi connectivity index (χ1) is 19.1. The van der Waals surface area contributed by atoms with Crippen LogP contribution in [0.2, 0.25) is 0 Å². The molecular weight excluding hydrogens is 486 g/mol. The summed E-state index contributed by atoms with van der Waals surface area (Å²) in [7, 11) is 0. The monoisotopic (exact) mass is 521 g/mol. The number of amides is 2. The summed E-state index contributed by atoms with van der Waals surface area (Å²) < 4.78 is 0. The molecule has 3 aromatic rings. The molecule has 1 aromatic heterocycles. The predicted octanol–water partition coefficient (Wildman–Crippen LogP) is 4.77. The lowest BCUT2D eigenvalue weighted by atomic mass is 9.80. The fourth-order valence-electron chi connectivity index (χ4n) is 6.00. The van der Waals surface area contributed by atoms with Crippen molar-refractivity contribution in [3.8, 4) is 11.3 Å². The van der Waals surface area contributed by atoms with Crippen molar-refractivity contribution < 1.29 is 4.79 Å². The van der Waals surface area contributed by atoms with Crippen molar-refractivity contribution in [2.75, 3.05) is 13.1 Å². The molecule has 6 rings (SSSR count). The first-order valence-corrected chi connectivity index (χ1v) is 13.9. The van der Waals surface area contributed by atoms with Crippen molar-refractivity contribution in [1.82, 2.24) is 25.8 Å². The summed E-state index contributed by atoms with van der Waals surface area (Å²) in [5.41, 5.74) is 12.4. The Hall–Kier alpha value is -4.33. The number of rotatable bonds is 6. The Kier molecular flexibility index (Phi) is 6.92. The number of aromatic nitrogens is 1. The molecule has 1 unspecified atom stereocenters. The number of carbonyl (C=O) groups excluding carboxylic acids is 1. The molecule has 1 fully saturated rings. The topological polar surface area (TPSA) is 108 Å². The Bertz CT molecular complexity index is 1450. The van der Waals surface area contributed by atoms with E-state index < -0.39 is 0 Å². The second-order valence-corrected chi connectivity index (χ2v) is 10.5. The zero-order valence-corrected chi connectivity index (χ0v) is 22.2. The molecule has 8 nitrogen and oxygen atoms in total. The molecule has 0 saturated heterocycles. The highest BCUT2D eigenvalue weighted by Gasteiger charge is 2.39. The molecule has 8 heteroatoms. The molecule has 39 heavy (non-hydrogen) atoms. The molecule has 2 aliphatic heterocycles. The molecule has 0 bridgehead atoms. The lowest BCUT2D eigenvalue weighted by molar-refractivity contribution is 0.167. The molecule has 2 amide bonds. The van der Waals surface area contributed by atoms with Gasteiger partial charge in [-0.3, -0.25) is 0 Å². The third kappa shape index (κ3) is 5.06. The molecule has 0 spiro atoms. The molecule has 0 radical (unpaired) electrons. The average molecular weight is 522 g/mol. The number of nitrogens with two attached hydrogens (primary N) is 1. The van der Waals surface area contributed by atoms with Crippen LogP contribution in [-0.4, -0.2) is 41.0 Å². The third-order valence-corrected chi connectivity index (χ3v) is 8.05. The lowest BCUT2D eigenvalue weighted by Gasteiger charge is -2.37. The number of pyridine rings is 1. The second kappa shape index (κ2) is 10.8. The predicted molar refractivity (Wildman–Crippen MR) is 156 cm³/mol. The smallest absolute Gasteiger partial charge is 0.314 e. The fourth-order valence-corrected chi connectivity index (χ4v) is 6.00. The van der Waals surface area contributed by atoms with Crippen LogP contribution in [-0.2, 0) is 0 Å². The van der Waals surface area contributed by atoms with Gasteiger partial charge in [-0.15, -0.1) is 0 Å². The van der Waals surface area contributed by atoms with Gasteiger partial charge in [-0.1, -0.05) is 48.5 Å². The van der Waals surface area contributed by atoms with Gasteiger partial charge in [0.2, 0.25) is 0 Å². The number of nitrogens with zero attached hydrogens (tertiary/aromatic N) is 3. The molecule has 200 valence electrons. The Labute approximate surface area is 229 Å². The van der Waals surface area contributed by atoms with Crippen molar-refractivity contribution >= 4 is 28.5 Å². The summed E-state index contributed by atoms with van der Waals surface area (Å²) in [5, 5.41) is 10.7. The SMILES string of the molecule is CCNC(=O)NCC1CCC(C2NC(c3ccc4ccc(-c5ccccc5)nc4c3)=C3C(N)=NC=CN32)CC1. The van der Waals surface area contributed by atoms with Gasteiger partial charge < -0.3 is 26.6 Å². The summed E-state index contributed by atoms with van der Waals surface area (Å²) in [6.07, 6.45) is 8.27. The van der Waals surface area contributed by atoms with E-state index in [-0.39, 0.29) is 12.2 Å². The maximum absolute atomic E-state index is 11.8. The van der Waals surface area contributed by atoms with Gasteiger partial charge in [0, 0.05) is 42.0 Å². The van der Waals surface area contributed by atoms with Crippen LogP contribution < -0.4 is 21.7 Å². The maximum atomic E-state index is 11.8. The largest absolute Gasteiger partial charge is 0.382 e. The quantitative estimate of drug-likeness (QED) is 0.374. The fraction of sp³-hybridized carbons (Fsp3) is 0.323. The number of carbonyl (C=O) groups is 1. The molecule has 2 aromatic carbocycles. The number of fused-ring (bicyclic) bond motifs is 2. The molecular formula is C31H35N7O. The Morgan fingerprint density at radius 3 is 2.62 bits per heavy atom. The Morgan fingerprint density at radius 1 is 1.03 bits per heavy atom. The highest BCUT2D eigenvalue weighted by molar-refractivity contribution is 6.05. The average Bonchev–Trinajstić information content (AvgIpc) is 3.37. The highest BCUT2D eigenvalue weighted by Crippen LogP contribution is 2.39. The van der Waals surface area contributed by atoms with E-state index in [0.29, 0.717) is 24.2 Å². The van der Waals surface area contributed by atoms with Crippen molar-refractivity contribution in [2.45, 2.75) is 38.8 Å². The van der Waals surface area contributed by atoms with Crippen LogP contribution in [0.25, 0.3) is 27.9 Å². The molecule has 1 saturated carbocycles. The highest BCUT2D eigenvalue weighted by atomic mass is 16.2. The Balaban J connectivity index is 1.23. The van der Waals surface area contributed by atoms with Gasteiger partial charge >= 0.3 is 6.03 Å².